The third-order valence-corrected chi connectivity index (χ3v) is 5.32. The lowest BCUT2D eigenvalue weighted by atomic mass is 9.91. The van der Waals surface area contributed by atoms with Crippen LogP contribution in [0.4, 0.5) is 0 Å². The molecule has 3 rings (SSSR count). The molecule has 0 radical (unpaired) electrons. The lowest BCUT2D eigenvalue weighted by Crippen LogP contribution is -2.51. The minimum Gasteiger partial charge on any atom is -0.496 e. The summed E-state index contributed by atoms with van der Waals surface area (Å²) in [5.74, 6) is 0.666. The van der Waals surface area contributed by atoms with Crippen LogP contribution in [0.25, 0.3) is 0 Å². The fourth-order valence-electron chi connectivity index (χ4n) is 3.76. The molecule has 0 unspecified atom stereocenters. The Kier molecular flexibility index (Phi) is 5.91. The van der Waals surface area contributed by atoms with Crippen molar-refractivity contribution in [2.24, 2.45) is 11.1 Å². The number of carbonyl (C=O) groups is 2. The number of hydrogen-bond acceptors (Lipinski definition) is 5. The molecule has 0 bridgehead atoms. The Bertz CT molecular complexity index is 769. The van der Waals surface area contributed by atoms with Crippen molar-refractivity contribution in [3.63, 3.8) is 0 Å². The van der Waals surface area contributed by atoms with Gasteiger partial charge in [-0.05, 0) is 45.7 Å². The maximum Gasteiger partial charge on any atom is 0.269 e. The lowest BCUT2D eigenvalue weighted by Gasteiger charge is -2.35. The van der Waals surface area contributed by atoms with Gasteiger partial charge in [-0.1, -0.05) is 17.3 Å². The highest BCUT2D eigenvalue weighted by Crippen LogP contribution is 2.32. The van der Waals surface area contributed by atoms with Gasteiger partial charge in [0.05, 0.1) is 12.8 Å². The maximum absolute atomic E-state index is 13.1. The summed E-state index contributed by atoms with van der Waals surface area (Å²) in [7, 11) is 1.61. The maximum atomic E-state index is 13.1. The van der Waals surface area contributed by atoms with Gasteiger partial charge < -0.3 is 19.8 Å². The van der Waals surface area contributed by atoms with E-state index in [1.165, 1.54) is 0 Å². The van der Waals surface area contributed by atoms with Crippen LogP contribution in [0.1, 0.15) is 45.6 Å². The molecule has 152 valence electrons. The molecule has 1 aromatic carbocycles. The molecular formula is C21H29N3O4. The van der Waals surface area contributed by atoms with E-state index in [2.05, 4.69) is 10.5 Å². The van der Waals surface area contributed by atoms with Crippen molar-refractivity contribution < 1.29 is 19.2 Å². The highest BCUT2D eigenvalue weighted by Gasteiger charge is 2.46. The van der Waals surface area contributed by atoms with Crippen molar-refractivity contribution in [2.75, 3.05) is 20.2 Å². The van der Waals surface area contributed by atoms with E-state index in [9.17, 15) is 9.59 Å². The van der Waals surface area contributed by atoms with Gasteiger partial charge in [-0.3, -0.25) is 9.59 Å². The molecule has 2 aliphatic rings. The standard InChI is InChI=1S/C21H29N3O4/c1-14(2)22-19(25)15-9-11-24(12-10-15)20(26)21(3)13-17(23-28-21)16-7-5-6-8-18(16)27-4/h5-8,14-15H,9-13H2,1-4H3,(H,22,25)/t21-/m0/s1. The van der Waals surface area contributed by atoms with Gasteiger partial charge in [-0.25, -0.2) is 0 Å². The molecule has 7 nitrogen and oxygen atoms in total. The summed E-state index contributed by atoms with van der Waals surface area (Å²) >= 11 is 0. The van der Waals surface area contributed by atoms with E-state index in [0.717, 1.165) is 5.56 Å². The zero-order chi connectivity index (χ0) is 20.3. The highest BCUT2D eigenvalue weighted by atomic mass is 16.7. The first-order valence-corrected chi connectivity index (χ1v) is 9.82. The summed E-state index contributed by atoms with van der Waals surface area (Å²) in [6.07, 6.45) is 1.72. The summed E-state index contributed by atoms with van der Waals surface area (Å²) in [4.78, 5) is 32.7. The fraction of sp³-hybridized carbons (Fsp3) is 0.571. The molecule has 2 aliphatic heterocycles. The van der Waals surface area contributed by atoms with Crippen LogP contribution in [0.5, 0.6) is 5.75 Å². The normalized spacial score (nSPS) is 22.6. The summed E-state index contributed by atoms with van der Waals surface area (Å²) in [5, 5.41) is 7.14. The number of benzene rings is 1. The Morgan fingerprint density at radius 3 is 2.61 bits per heavy atom. The number of methoxy groups -OCH3 is 1. The smallest absolute Gasteiger partial charge is 0.269 e. The van der Waals surface area contributed by atoms with E-state index in [1.807, 2.05) is 38.1 Å². The monoisotopic (exact) mass is 387 g/mol. The Balaban J connectivity index is 1.61. The van der Waals surface area contributed by atoms with Gasteiger partial charge in [0.15, 0.2) is 0 Å². The number of nitrogens with one attached hydrogen (secondary N) is 1. The third-order valence-electron chi connectivity index (χ3n) is 5.32. The predicted octanol–water partition coefficient (Wildman–Crippen LogP) is 2.34. The Morgan fingerprint density at radius 2 is 1.96 bits per heavy atom. The topological polar surface area (TPSA) is 80.2 Å². The van der Waals surface area contributed by atoms with Gasteiger partial charge in [-0.15, -0.1) is 0 Å². The molecule has 1 atom stereocenters. The summed E-state index contributed by atoms with van der Waals surface area (Å²) in [6, 6.07) is 7.70. The van der Waals surface area contributed by atoms with Gasteiger partial charge in [0, 0.05) is 37.0 Å². The average Bonchev–Trinajstić information content (AvgIpc) is 3.10. The number of ether oxygens (including phenoxy) is 1. The molecule has 7 heteroatoms. The molecule has 0 aliphatic carbocycles. The number of para-hydroxylation sites is 1. The number of oxime groups is 1. The lowest BCUT2D eigenvalue weighted by molar-refractivity contribution is -0.155. The van der Waals surface area contributed by atoms with Crippen LogP contribution in [0.15, 0.2) is 29.4 Å². The molecule has 1 saturated heterocycles. The van der Waals surface area contributed by atoms with Crippen molar-refractivity contribution in [2.45, 2.75) is 51.7 Å². The average molecular weight is 387 g/mol. The molecular weight excluding hydrogens is 358 g/mol. The first-order chi connectivity index (χ1) is 13.3. The Labute approximate surface area is 166 Å². The first-order valence-electron chi connectivity index (χ1n) is 9.82. The minimum absolute atomic E-state index is 0.0378. The van der Waals surface area contributed by atoms with Crippen molar-refractivity contribution in [1.82, 2.24) is 10.2 Å². The molecule has 1 aromatic rings. The van der Waals surface area contributed by atoms with Crippen molar-refractivity contribution in [1.29, 1.82) is 0 Å². The van der Waals surface area contributed by atoms with Gasteiger partial charge in [0.25, 0.3) is 5.91 Å². The van der Waals surface area contributed by atoms with Crippen LogP contribution in [-0.2, 0) is 14.4 Å². The summed E-state index contributed by atoms with van der Waals surface area (Å²) in [6.45, 7) is 6.79. The van der Waals surface area contributed by atoms with Gasteiger partial charge >= 0.3 is 0 Å². The molecule has 1 N–H and O–H groups in total. The molecule has 2 amide bonds. The van der Waals surface area contributed by atoms with E-state index >= 15 is 0 Å². The molecule has 0 aromatic heterocycles. The second-order valence-corrected chi connectivity index (χ2v) is 7.97. The molecule has 1 fully saturated rings. The van der Waals surface area contributed by atoms with Crippen LogP contribution >= 0.6 is 0 Å². The van der Waals surface area contributed by atoms with E-state index < -0.39 is 5.60 Å². The predicted molar refractivity (Wildman–Crippen MR) is 106 cm³/mol. The number of hydrogen-bond donors (Lipinski definition) is 1. The largest absolute Gasteiger partial charge is 0.496 e. The quantitative estimate of drug-likeness (QED) is 0.841. The van der Waals surface area contributed by atoms with Gasteiger partial charge in [-0.2, -0.15) is 0 Å². The zero-order valence-corrected chi connectivity index (χ0v) is 17.0. The van der Waals surface area contributed by atoms with Crippen molar-refractivity contribution >= 4 is 17.5 Å². The molecule has 0 saturated carbocycles. The summed E-state index contributed by atoms with van der Waals surface area (Å²) < 4.78 is 5.39. The van der Waals surface area contributed by atoms with E-state index in [4.69, 9.17) is 9.57 Å². The Morgan fingerprint density at radius 1 is 1.29 bits per heavy atom. The van der Waals surface area contributed by atoms with Gasteiger partial charge in [0.1, 0.15) is 5.75 Å². The molecule has 2 heterocycles. The second-order valence-electron chi connectivity index (χ2n) is 7.97. The number of rotatable bonds is 5. The van der Waals surface area contributed by atoms with Crippen LogP contribution in [0.2, 0.25) is 0 Å². The number of nitrogens with zero attached hydrogens (tertiary/aromatic N) is 2. The van der Waals surface area contributed by atoms with E-state index in [0.29, 0.717) is 43.8 Å². The van der Waals surface area contributed by atoms with Crippen LogP contribution < -0.4 is 10.1 Å². The number of amides is 2. The molecule has 0 spiro atoms. The number of carbonyl (C=O) groups excluding carboxylic acids is 2. The highest BCUT2D eigenvalue weighted by molar-refractivity contribution is 6.07. The van der Waals surface area contributed by atoms with E-state index in [-0.39, 0.29) is 23.8 Å². The van der Waals surface area contributed by atoms with Crippen LogP contribution in [0.3, 0.4) is 0 Å². The van der Waals surface area contributed by atoms with Crippen molar-refractivity contribution in [3.05, 3.63) is 29.8 Å². The third kappa shape index (κ3) is 4.13. The number of likely N-dealkylation sites (tertiary alicyclic amines) is 1. The SMILES string of the molecule is COc1ccccc1C1=NO[C@](C)(C(=O)N2CCC(C(=O)NC(C)C)CC2)C1. The molecule has 28 heavy (non-hydrogen) atoms. The van der Waals surface area contributed by atoms with Crippen LogP contribution in [0, 0.1) is 5.92 Å². The van der Waals surface area contributed by atoms with Crippen LogP contribution in [-0.4, -0.2) is 54.3 Å². The van der Waals surface area contributed by atoms with E-state index in [1.54, 1.807) is 18.9 Å². The Hall–Kier alpha value is -2.57. The first kappa shape index (κ1) is 20.2. The minimum atomic E-state index is -1.02. The van der Waals surface area contributed by atoms with Crippen molar-refractivity contribution in [3.8, 4) is 5.75 Å². The fourth-order valence-corrected chi connectivity index (χ4v) is 3.76. The van der Waals surface area contributed by atoms with Gasteiger partial charge in [0.2, 0.25) is 11.5 Å². The second kappa shape index (κ2) is 8.20. The number of piperidine rings is 1. The summed E-state index contributed by atoms with van der Waals surface area (Å²) in [5.41, 5.74) is 0.522. The zero-order valence-electron chi connectivity index (χ0n) is 17.0.